The summed E-state index contributed by atoms with van der Waals surface area (Å²) >= 11 is 0. The molecule has 2 rings (SSSR count). The van der Waals surface area contributed by atoms with E-state index in [2.05, 4.69) is 27.5 Å². The van der Waals surface area contributed by atoms with Gasteiger partial charge in [0.2, 0.25) is 0 Å². The van der Waals surface area contributed by atoms with E-state index in [1.54, 1.807) is 0 Å². The molecule has 0 aliphatic heterocycles. The zero-order chi connectivity index (χ0) is 14.4. The fourth-order valence-electron chi connectivity index (χ4n) is 2.75. The van der Waals surface area contributed by atoms with Gasteiger partial charge in [-0.2, -0.15) is 0 Å². The van der Waals surface area contributed by atoms with Gasteiger partial charge in [-0.15, -0.1) is 0 Å². The Morgan fingerprint density at radius 1 is 1.30 bits per heavy atom. The van der Waals surface area contributed by atoms with Crippen molar-refractivity contribution in [2.24, 2.45) is 5.92 Å². The Balaban J connectivity index is 1.95. The maximum atomic E-state index is 9.71. The topological polar surface area (TPSA) is 70.1 Å². The number of aryl methyl sites for hydroxylation is 1. The van der Waals surface area contributed by atoms with Gasteiger partial charge in [0.05, 0.1) is 6.10 Å². The molecule has 3 N–H and O–H groups in total. The van der Waals surface area contributed by atoms with Crippen LogP contribution in [0.5, 0.6) is 0 Å². The van der Waals surface area contributed by atoms with Crippen molar-refractivity contribution in [1.82, 2.24) is 9.97 Å². The summed E-state index contributed by atoms with van der Waals surface area (Å²) in [6.45, 7) is 3.01. The van der Waals surface area contributed by atoms with Crippen molar-refractivity contribution in [3.63, 3.8) is 0 Å². The predicted molar refractivity (Wildman–Crippen MR) is 82.0 cm³/mol. The van der Waals surface area contributed by atoms with Crippen molar-refractivity contribution in [2.45, 2.75) is 51.6 Å². The summed E-state index contributed by atoms with van der Waals surface area (Å²) < 4.78 is 0. The minimum Gasteiger partial charge on any atom is -0.393 e. The lowest BCUT2D eigenvalue weighted by atomic mass is 9.87. The first-order valence-electron chi connectivity index (χ1n) is 7.69. The van der Waals surface area contributed by atoms with Crippen LogP contribution in [0.25, 0.3) is 0 Å². The Morgan fingerprint density at radius 3 is 2.80 bits per heavy atom. The fraction of sp³-hybridized carbons (Fsp3) is 0.733. The minimum atomic E-state index is -0.121. The van der Waals surface area contributed by atoms with Gasteiger partial charge in [-0.1, -0.05) is 13.3 Å². The molecule has 0 amide bonds. The summed E-state index contributed by atoms with van der Waals surface area (Å²) in [5, 5.41) is 16.2. The van der Waals surface area contributed by atoms with E-state index in [1.165, 1.54) is 6.42 Å². The summed E-state index contributed by atoms with van der Waals surface area (Å²) in [4.78, 5) is 9.00. The molecule has 1 aromatic heterocycles. The predicted octanol–water partition coefficient (Wildman–Crippen LogP) is 2.43. The van der Waals surface area contributed by atoms with Crippen LogP contribution in [-0.2, 0) is 6.42 Å². The molecular weight excluding hydrogens is 252 g/mol. The van der Waals surface area contributed by atoms with Crippen LogP contribution in [-0.4, -0.2) is 34.8 Å². The van der Waals surface area contributed by atoms with Gasteiger partial charge in [0.15, 0.2) is 0 Å². The molecule has 2 atom stereocenters. The Bertz CT molecular complexity index is 424. The zero-order valence-corrected chi connectivity index (χ0v) is 12.5. The van der Waals surface area contributed by atoms with Crippen molar-refractivity contribution in [1.29, 1.82) is 0 Å². The second kappa shape index (κ2) is 7.43. The quantitative estimate of drug-likeness (QED) is 0.745. The van der Waals surface area contributed by atoms with Crippen molar-refractivity contribution >= 4 is 11.6 Å². The van der Waals surface area contributed by atoms with Crippen LogP contribution in [0.1, 0.15) is 44.9 Å². The number of hydrogen-bond acceptors (Lipinski definition) is 5. The maximum Gasteiger partial charge on any atom is 0.133 e. The third-order valence-electron chi connectivity index (χ3n) is 3.83. The van der Waals surface area contributed by atoms with Gasteiger partial charge < -0.3 is 15.7 Å². The van der Waals surface area contributed by atoms with Crippen molar-refractivity contribution in [3.05, 3.63) is 11.9 Å². The second-order valence-corrected chi connectivity index (χ2v) is 5.62. The Kier molecular flexibility index (Phi) is 5.59. The lowest BCUT2D eigenvalue weighted by Crippen LogP contribution is -2.25. The number of hydrogen-bond donors (Lipinski definition) is 3. The van der Waals surface area contributed by atoms with E-state index in [4.69, 9.17) is 0 Å². The molecule has 0 bridgehead atoms. The average Bonchev–Trinajstić information content (AvgIpc) is 2.45. The summed E-state index contributed by atoms with van der Waals surface area (Å²) in [7, 11) is 1.87. The smallest absolute Gasteiger partial charge is 0.133 e. The van der Waals surface area contributed by atoms with E-state index in [-0.39, 0.29) is 6.10 Å². The number of nitrogens with one attached hydrogen (secondary N) is 2. The first-order valence-corrected chi connectivity index (χ1v) is 7.69. The molecule has 1 aromatic rings. The van der Waals surface area contributed by atoms with Crippen molar-refractivity contribution < 1.29 is 5.11 Å². The molecule has 20 heavy (non-hydrogen) atoms. The fourth-order valence-corrected chi connectivity index (χ4v) is 2.75. The van der Waals surface area contributed by atoms with Crippen LogP contribution >= 0.6 is 0 Å². The summed E-state index contributed by atoms with van der Waals surface area (Å²) in [5.41, 5.74) is 0. The lowest BCUT2D eigenvalue weighted by molar-refractivity contribution is 0.104. The first kappa shape index (κ1) is 15.0. The number of aliphatic hydroxyl groups excluding tert-OH is 1. The Hall–Kier alpha value is -1.36. The molecular formula is C15H26N4O. The van der Waals surface area contributed by atoms with Crippen molar-refractivity contribution in [2.75, 3.05) is 24.2 Å². The lowest BCUT2D eigenvalue weighted by Gasteiger charge is -2.26. The van der Waals surface area contributed by atoms with Crippen molar-refractivity contribution in [3.8, 4) is 0 Å². The van der Waals surface area contributed by atoms with Crippen LogP contribution in [0.3, 0.4) is 0 Å². The van der Waals surface area contributed by atoms with Gasteiger partial charge in [-0.25, -0.2) is 9.97 Å². The van der Waals surface area contributed by atoms with E-state index >= 15 is 0 Å². The van der Waals surface area contributed by atoms with Crippen LogP contribution < -0.4 is 10.6 Å². The highest BCUT2D eigenvalue weighted by molar-refractivity contribution is 5.47. The highest BCUT2D eigenvalue weighted by atomic mass is 16.3. The third kappa shape index (κ3) is 4.34. The summed E-state index contributed by atoms with van der Waals surface area (Å²) in [6, 6.07) is 1.94. The van der Waals surface area contributed by atoms with Crippen LogP contribution in [0.4, 0.5) is 11.6 Å². The van der Waals surface area contributed by atoms with Gasteiger partial charge >= 0.3 is 0 Å². The molecule has 1 saturated carbocycles. The number of aliphatic hydroxyl groups is 1. The van der Waals surface area contributed by atoms with Gasteiger partial charge in [-0.05, 0) is 31.6 Å². The SMILES string of the molecule is CCCc1nc(NC)cc(NCC2CCCC(O)C2)n1. The molecule has 0 aromatic carbocycles. The van der Waals surface area contributed by atoms with E-state index in [1.807, 2.05) is 13.1 Å². The molecule has 1 aliphatic rings. The highest BCUT2D eigenvalue weighted by Gasteiger charge is 2.20. The number of anilines is 2. The summed E-state index contributed by atoms with van der Waals surface area (Å²) in [5.74, 6) is 3.16. The molecule has 1 fully saturated rings. The molecule has 112 valence electrons. The van der Waals surface area contributed by atoms with Crippen LogP contribution in [0, 0.1) is 5.92 Å². The van der Waals surface area contributed by atoms with Gasteiger partial charge in [0.25, 0.3) is 0 Å². The molecule has 1 aliphatic carbocycles. The van der Waals surface area contributed by atoms with Gasteiger partial charge in [0, 0.05) is 26.1 Å². The second-order valence-electron chi connectivity index (χ2n) is 5.62. The molecule has 0 radical (unpaired) electrons. The Labute approximate surface area is 121 Å². The number of nitrogens with zero attached hydrogens (tertiary/aromatic N) is 2. The van der Waals surface area contributed by atoms with E-state index in [0.29, 0.717) is 5.92 Å². The highest BCUT2D eigenvalue weighted by Crippen LogP contribution is 2.24. The normalized spacial score (nSPS) is 22.6. The largest absolute Gasteiger partial charge is 0.393 e. The first-order chi connectivity index (χ1) is 9.71. The van der Waals surface area contributed by atoms with E-state index < -0.39 is 0 Å². The van der Waals surface area contributed by atoms with Crippen LogP contribution in [0.15, 0.2) is 6.07 Å². The number of aromatic nitrogens is 2. The standard InChI is InChI=1S/C15H26N4O/c1-3-5-13-18-14(16-2)9-15(19-13)17-10-11-6-4-7-12(20)8-11/h9,11-12,20H,3-8,10H2,1-2H3,(H2,16,17,18,19). The van der Waals surface area contributed by atoms with E-state index in [9.17, 15) is 5.11 Å². The zero-order valence-electron chi connectivity index (χ0n) is 12.5. The molecule has 5 heteroatoms. The maximum absolute atomic E-state index is 9.71. The molecule has 0 spiro atoms. The Morgan fingerprint density at radius 2 is 2.10 bits per heavy atom. The molecule has 2 unspecified atom stereocenters. The third-order valence-corrected chi connectivity index (χ3v) is 3.83. The van der Waals surface area contributed by atoms with Gasteiger partial charge in [-0.3, -0.25) is 0 Å². The molecule has 1 heterocycles. The summed E-state index contributed by atoms with van der Waals surface area (Å²) in [6.07, 6.45) is 5.99. The minimum absolute atomic E-state index is 0.121. The molecule has 0 saturated heterocycles. The molecule has 5 nitrogen and oxygen atoms in total. The van der Waals surface area contributed by atoms with Gasteiger partial charge in [0.1, 0.15) is 17.5 Å². The van der Waals surface area contributed by atoms with Crippen LogP contribution in [0.2, 0.25) is 0 Å². The number of rotatable bonds is 6. The monoisotopic (exact) mass is 278 g/mol. The average molecular weight is 278 g/mol. The van der Waals surface area contributed by atoms with E-state index in [0.717, 1.165) is 56.1 Å².